The number of aromatic amines is 1. The largest absolute Gasteiger partial charge is 0.368 e. The van der Waals surface area contributed by atoms with Crippen LogP contribution in [0.15, 0.2) is 79.1 Å². The Kier molecular flexibility index (Phi) is 18.7. The summed E-state index contributed by atoms with van der Waals surface area (Å²) in [5.74, 6) is 0.0789. The molecule has 1 aliphatic rings. The molecule has 8 rings (SSSR count). The van der Waals surface area contributed by atoms with Gasteiger partial charge in [-0.3, -0.25) is 14.7 Å². The van der Waals surface area contributed by atoms with Crippen LogP contribution in [0.3, 0.4) is 0 Å². The zero-order valence-electron chi connectivity index (χ0n) is 33.0. The number of nitriles is 1. The molecule has 0 spiro atoms. The number of pyridine rings is 4. The van der Waals surface area contributed by atoms with Gasteiger partial charge in [0, 0.05) is 71.9 Å². The van der Waals surface area contributed by atoms with E-state index >= 15 is 0 Å². The first-order valence-corrected chi connectivity index (χ1v) is 19.2. The third-order valence-electron chi connectivity index (χ3n) is 8.74. The third kappa shape index (κ3) is 13.3. The summed E-state index contributed by atoms with van der Waals surface area (Å²) in [7, 11) is 0. The molecule has 1 amide bonds. The summed E-state index contributed by atoms with van der Waals surface area (Å²) in [5, 5.41) is 22.8. The highest BCUT2D eigenvalue weighted by Gasteiger charge is 2.22. The van der Waals surface area contributed by atoms with Gasteiger partial charge in [-0.15, -0.1) is 0 Å². The van der Waals surface area contributed by atoms with E-state index in [1.54, 1.807) is 41.3 Å². The summed E-state index contributed by atoms with van der Waals surface area (Å²) < 4.78 is 1.69. The predicted molar refractivity (Wildman–Crippen MR) is 238 cm³/mol. The number of hydrogen-bond acceptors (Lipinski definition) is 12. The van der Waals surface area contributed by atoms with E-state index in [-0.39, 0.29) is 31.6 Å². The van der Waals surface area contributed by atoms with Crippen LogP contribution in [0.1, 0.15) is 53.1 Å². The number of aryl methyl sites for hydroxylation is 5. The van der Waals surface area contributed by atoms with Gasteiger partial charge < -0.3 is 9.80 Å². The van der Waals surface area contributed by atoms with Crippen LogP contribution in [0, 0.1) is 57.0 Å². The lowest BCUT2D eigenvalue weighted by Crippen LogP contribution is -2.49. The highest BCUT2D eigenvalue weighted by atomic mass is 35.5. The fourth-order valence-electron chi connectivity index (χ4n) is 5.59. The lowest BCUT2D eigenvalue weighted by Gasteiger charge is -2.36. The topological polar surface area (TPSA) is 210 Å². The van der Waals surface area contributed by atoms with Gasteiger partial charge in [-0.1, -0.05) is 42.2 Å². The molecule has 7 heterocycles. The van der Waals surface area contributed by atoms with Crippen LogP contribution < -0.4 is 4.90 Å². The van der Waals surface area contributed by atoms with E-state index in [0.29, 0.717) is 30.5 Å². The van der Waals surface area contributed by atoms with Crippen LogP contribution in [0.25, 0.3) is 22.1 Å². The van der Waals surface area contributed by atoms with E-state index in [1.165, 1.54) is 0 Å². The number of piperazine rings is 1. The van der Waals surface area contributed by atoms with Gasteiger partial charge in [-0.05, 0) is 107 Å². The molecule has 15 nitrogen and oxygen atoms in total. The lowest BCUT2D eigenvalue weighted by atomic mass is 10.2. The molecule has 1 saturated heterocycles. The number of carbonyl (C=O) groups excluding carboxylic acids is 2. The number of fused-ring (bicyclic) bond motifs is 2. The van der Waals surface area contributed by atoms with Gasteiger partial charge in [0.2, 0.25) is 5.91 Å². The number of aromatic nitrogens is 8. The minimum Gasteiger partial charge on any atom is -0.368 e. The molecular weight excluding hydrogens is 825 g/mol. The summed E-state index contributed by atoms with van der Waals surface area (Å²) in [4.78, 5) is 43.6. The van der Waals surface area contributed by atoms with Crippen molar-refractivity contribution in [1.82, 2.24) is 44.8 Å². The average Bonchev–Trinajstić information content (AvgIpc) is 3.87. The first-order valence-electron chi connectivity index (χ1n) is 18.1. The van der Waals surface area contributed by atoms with Crippen molar-refractivity contribution in [1.29, 1.82) is 16.3 Å². The quantitative estimate of drug-likeness (QED) is 0.0866. The molecule has 0 saturated carbocycles. The minimum atomic E-state index is 0. The van der Waals surface area contributed by atoms with Crippen molar-refractivity contribution in [3.63, 3.8) is 0 Å². The van der Waals surface area contributed by atoms with Crippen LogP contribution in [-0.4, -0.2) is 83.2 Å². The molecule has 0 atom stereocenters. The van der Waals surface area contributed by atoms with Crippen molar-refractivity contribution in [2.24, 2.45) is 0 Å². The molecule has 1 aliphatic heterocycles. The zero-order chi connectivity index (χ0) is 43.1. The Bertz CT molecular complexity index is 2570. The number of benzene rings is 1. The predicted octanol–water partition coefficient (Wildman–Crippen LogP) is 9.57. The van der Waals surface area contributed by atoms with Crippen molar-refractivity contribution in [2.75, 3.05) is 31.1 Å². The highest BCUT2D eigenvalue weighted by Crippen LogP contribution is 2.24. The molecule has 314 valence electrons. The van der Waals surface area contributed by atoms with Crippen molar-refractivity contribution >= 4 is 74.8 Å². The smallest absolute Gasteiger partial charge is 0.244 e. The SMILES string of the molecule is C.Cc1ccc(C#N)c(Cl)n1.Cc1ccc(C=O)c(Cl)n1.Cc1ccc2cn[nH]c2n1.Cc1ccc2cnn(CC(=O)N3CCN(c4ccc(Cl)c(C)c4)CC3)c2n1.N=N.[HH]. The number of aldehydes is 1. The first-order chi connectivity index (χ1) is 28.3. The van der Waals surface area contributed by atoms with E-state index in [1.807, 2.05) is 82.0 Å². The second kappa shape index (κ2) is 23.3. The second-order valence-electron chi connectivity index (χ2n) is 13.1. The molecule has 0 unspecified atom stereocenters. The Morgan fingerprint density at radius 2 is 1.40 bits per heavy atom. The van der Waals surface area contributed by atoms with Gasteiger partial charge in [-0.2, -0.15) is 15.5 Å². The van der Waals surface area contributed by atoms with Gasteiger partial charge >= 0.3 is 0 Å². The molecule has 0 bridgehead atoms. The minimum absolute atomic E-state index is 0. The molecule has 6 aromatic heterocycles. The van der Waals surface area contributed by atoms with Crippen molar-refractivity contribution < 1.29 is 11.0 Å². The van der Waals surface area contributed by atoms with Crippen LogP contribution >= 0.6 is 34.8 Å². The number of anilines is 1. The summed E-state index contributed by atoms with van der Waals surface area (Å²) in [6.07, 6.45) is 4.21. The van der Waals surface area contributed by atoms with Crippen molar-refractivity contribution in [3.8, 4) is 6.07 Å². The van der Waals surface area contributed by atoms with E-state index in [9.17, 15) is 9.59 Å². The first kappa shape index (κ1) is 48.0. The molecule has 60 heavy (non-hydrogen) atoms. The van der Waals surface area contributed by atoms with E-state index in [4.69, 9.17) is 51.1 Å². The number of rotatable bonds is 4. The summed E-state index contributed by atoms with van der Waals surface area (Å²) in [6, 6.07) is 22.7. The zero-order valence-corrected chi connectivity index (χ0v) is 35.3. The maximum atomic E-state index is 12.7. The molecular formula is C42H48Cl3N13O2. The van der Waals surface area contributed by atoms with Gasteiger partial charge in [-0.25, -0.2) is 35.7 Å². The van der Waals surface area contributed by atoms with Gasteiger partial charge in [0.1, 0.15) is 22.9 Å². The fraction of sp³-hybridized carbons (Fsp3) is 0.262. The Labute approximate surface area is 365 Å². The maximum absolute atomic E-state index is 12.7. The normalized spacial score (nSPS) is 11.5. The van der Waals surface area contributed by atoms with Crippen LogP contribution in [0.5, 0.6) is 0 Å². The number of nitrogens with zero attached hydrogens (tertiary/aromatic N) is 10. The maximum Gasteiger partial charge on any atom is 0.244 e. The van der Waals surface area contributed by atoms with Crippen molar-refractivity contribution in [2.45, 2.75) is 48.6 Å². The molecule has 7 aromatic rings. The number of amides is 1. The lowest BCUT2D eigenvalue weighted by molar-refractivity contribution is -0.132. The number of carbonyl (C=O) groups is 2. The molecule has 0 radical (unpaired) electrons. The van der Waals surface area contributed by atoms with Gasteiger partial charge in [0.25, 0.3) is 0 Å². The Morgan fingerprint density at radius 3 is 2.02 bits per heavy atom. The third-order valence-corrected chi connectivity index (χ3v) is 9.76. The highest BCUT2D eigenvalue weighted by molar-refractivity contribution is 6.32. The Morgan fingerprint density at radius 1 is 0.800 bits per heavy atom. The Balaban J connectivity index is 0.000000311. The molecule has 3 N–H and O–H groups in total. The second-order valence-corrected chi connectivity index (χ2v) is 14.2. The molecule has 1 fully saturated rings. The number of hydrogen-bond donors (Lipinski definition) is 3. The number of nitrogens with one attached hydrogen (secondary N) is 3. The van der Waals surface area contributed by atoms with Crippen LogP contribution in [-0.2, 0) is 11.3 Å². The van der Waals surface area contributed by atoms with Crippen LogP contribution in [0.2, 0.25) is 15.3 Å². The standard InChI is InChI=1S/C20H22ClN5O.C7H5ClN2.C7H6ClNO.C7H7N3.CH4.H2N2.H2/c1-14-11-17(5-6-18(14)21)24-7-9-25(10-8-24)19(27)13-26-20-16(12-22-26)4-3-15(2)23-20;1-5-2-3-6(4-9)7(8)10-5;1-5-2-3-6(4-10)7(8)9-5;1-5-2-3-6-4-8-10-7(6)9-5;;1-2;/h3-6,11-12H,7-10,13H2,1-2H3;2-3H,1H3;2-4H,1H3;2-4H,1H3,(H,8,9,10);1H4;1-2H;1H. The van der Waals surface area contributed by atoms with Gasteiger partial charge in [0.05, 0.1) is 23.5 Å². The fourth-order valence-corrected chi connectivity index (χ4v) is 6.18. The monoisotopic (exact) mass is 871 g/mol. The molecule has 0 aliphatic carbocycles. The Hall–Kier alpha value is -6.34. The van der Waals surface area contributed by atoms with E-state index in [0.717, 1.165) is 74.2 Å². The number of H-pyrrole nitrogens is 1. The summed E-state index contributed by atoms with van der Waals surface area (Å²) >= 11 is 17.3. The molecule has 18 heteroatoms. The van der Waals surface area contributed by atoms with Crippen molar-refractivity contribution in [3.05, 3.63) is 134 Å². The summed E-state index contributed by atoms with van der Waals surface area (Å²) in [5.41, 5.74) is 18.3. The van der Waals surface area contributed by atoms with E-state index < -0.39 is 0 Å². The average molecular weight is 873 g/mol. The summed E-state index contributed by atoms with van der Waals surface area (Å²) in [6.45, 7) is 12.8. The van der Waals surface area contributed by atoms with Gasteiger partial charge in [0.15, 0.2) is 17.6 Å². The van der Waals surface area contributed by atoms with E-state index in [2.05, 4.69) is 46.2 Å². The molecule has 1 aromatic carbocycles. The number of halogens is 3. The van der Waals surface area contributed by atoms with Crippen LogP contribution in [0.4, 0.5) is 5.69 Å².